The van der Waals surface area contributed by atoms with Crippen LogP contribution in [0.15, 0.2) is 46.9 Å². The molecule has 0 aromatic heterocycles. The van der Waals surface area contributed by atoms with E-state index in [2.05, 4.69) is 15.9 Å². The van der Waals surface area contributed by atoms with Crippen LogP contribution in [0.4, 0.5) is 0 Å². The molecule has 1 aliphatic carbocycles. The summed E-state index contributed by atoms with van der Waals surface area (Å²) in [5, 5.41) is 0.535. The molecule has 2 aromatic rings. The molecule has 1 aliphatic rings. The van der Waals surface area contributed by atoms with Crippen LogP contribution >= 0.6 is 27.5 Å². The molecule has 0 N–H and O–H groups in total. The van der Waals surface area contributed by atoms with Gasteiger partial charge in [0.25, 0.3) is 0 Å². The van der Waals surface area contributed by atoms with Crippen LogP contribution in [0.2, 0.25) is 5.02 Å². The quantitative estimate of drug-likeness (QED) is 0.734. The van der Waals surface area contributed by atoms with E-state index in [4.69, 9.17) is 16.3 Å². The van der Waals surface area contributed by atoms with E-state index < -0.39 is 0 Å². The summed E-state index contributed by atoms with van der Waals surface area (Å²) in [5.41, 5.74) is 1.17. The molecule has 0 unspecified atom stereocenters. The molecule has 0 aliphatic heterocycles. The topological polar surface area (TPSA) is 26.3 Å². The molecule has 2 aromatic carbocycles. The summed E-state index contributed by atoms with van der Waals surface area (Å²) in [6, 6.07) is 12.5. The first-order valence-electron chi connectivity index (χ1n) is 6.39. The molecule has 20 heavy (non-hydrogen) atoms. The minimum Gasteiger partial charge on any atom is -0.490 e. The second-order valence-electron chi connectivity index (χ2n) is 4.83. The Morgan fingerprint density at radius 3 is 2.65 bits per heavy atom. The number of benzene rings is 2. The molecule has 0 radical (unpaired) electrons. The van der Waals surface area contributed by atoms with Crippen molar-refractivity contribution < 1.29 is 9.53 Å². The van der Waals surface area contributed by atoms with Crippen molar-refractivity contribution in [2.45, 2.75) is 18.9 Å². The van der Waals surface area contributed by atoms with E-state index in [0.29, 0.717) is 22.3 Å². The summed E-state index contributed by atoms with van der Waals surface area (Å²) < 4.78 is 6.50. The first-order valence-corrected chi connectivity index (χ1v) is 7.56. The number of ketones is 1. The number of ether oxygens (including phenoxy) is 1. The maximum Gasteiger partial charge on any atom is 0.193 e. The van der Waals surface area contributed by atoms with Crippen molar-refractivity contribution in [2.24, 2.45) is 0 Å². The molecule has 4 heteroatoms. The summed E-state index contributed by atoms with van der Waals surface area (Å²) in [4.78, 5) is 12.5. The number of hydrogen-bond acceptors (Lipinski definition) is 2. The number of carbonyl (C=O) groups is 1. The van der Waals surface area contributed by atoms with Crippen LogP contribution in [0.3, 0.4) is 0 Å². The Balaban J connectivity index is 1.88. The van der Waals surface area contributed by atoms with E-state index in [1.165, 1.54) is 0 Å². The van der Waals surface area contributed by atoms with E-state index >= 15 is 0 Å². The highest BCUT2D eigenvalue weighted by molar-refractivity contribution is 9.10. The zero-order valence-corrected chi connectivity index (χ0v) is 12.9. The molecule has 0 spiro atoms. The highest BCUT2D eigenvalue weighted by atomic mass is 79.9. The molecule has 0 heterocycles. The van der Waals surface area contributed by atoms with Gasteiger partial charge in [0.1, 0.15) is 5.75 Å². The Labute approximate surface area is 130 Å². The lowest BCUT2D eigenvalue weighted by molar-refractivity contribution is 0.103. The van der Waals surface area contributed by atoms with Gasteiger partial charge in [0.05, 0.1) is 6.10 Å². The van der Waals surface area contributed by atoms with E-state index in [1.54, 1.807) is 30.3 Å². The average molecular weight is 352 g/mol. The molecule has 102 valence electrons. The molecule has 1 fully saturated rings. The van der Waals surface area contributed by atoms with Crippen LogP contribution in [-0.4, -0.2) is 11.9 Å². The van der Waals surface area contributed by atoms with E-state index in [0.717, 1.165) is 23.1 Å². The van der Waals surface area contributed by atoms with Crippen LogP contribution in [0.1, 0.15) is 28.8 Å². The van der Waals surface area contributed by atoms with Gasteiger partial charge in [0, 0.05) is 20.6 Å². The molecule has 0 bridgehead atoms. The average Bonchev–Trinajstić information content (AvgIpc) is 3.21. The van der Waals surface area contributed by atoms with Crippen LogP contribution in [0.5, 0.6) is 5.75 Å². The number of hydrogen-bond donors (Lipinski definition) is 0. The monoisotopic (exact) mass is 350 g/mol. The molecule has 3 rings (SSSR count). The molecule has 2 nitrogen and oxygen atoms in total. The molecular weight excluding hydrogens is 340 g/mol. The van der Waals surface area contributed by atoms with Gasteiger partial charge in [-0.2, -0.15) is 0 Å². The third kappa shape index (κ3) is 3.22. The van der Waals surface area contributed by atoms with Crippen molar-refractivity contribution >= 4 is 33.3 Å². The van der Waals surface area contributed by atoms with Gasteiger partial charge in [-0.15, -0.1) is 0 Å². The summed E-state index contributed by atoms with van der Waals surface area (Å²) in [6.45, 7) is 0. The summed E-state index contributed by atoms with van der Waals surface area (Å²) in [7, 11) is 0. The first-order chi connectivity index (χ1) is 9.61. The van der Waals surface area contributed by atoms with Crippen molar-refractivity contribution in [3.05, 3.63) is 63.1 Å². The largest absolute Gasteiger partial charge is 0.490 e. The fourth-order valence-electron chi connectivity index (χ4n) is 1.94. The maximum absolute atomic E-state index is 12.5. The Bertz CT molecular complexity index is 645. The number of rotatable bonds is 4. The standard InChI is InChI=1S/C16H12BrClO2/c17-12-6-11(7-13(18)9-12)16(19)10-2-1-3-15(8-10)20-14-4-5-14/h1-3,6-9,14H,4-5H2. The predicted octanol–water partition coefficient (Wildman–Crippen LogP) is 4.87. The van der Waals surface area contributed by atoms with Gasteiger partial charge >= 0.3 is 0 Å². The molecule has 1 saturated carbocycles. The van der Waals surface area contributed by atoms with Crippen LogP contribution in [0.25, 0.3) is 0 Å². The Kier molecular flexibility index (Phi) is 3.81. The summed E-state index contributed by atoms with van der Waals surface area (Å²) >= 11 is 9.33. The van der Waals surface area contributed by atoms with Crippen LogP contribution in [0, 0.1) is 0 Å². The van der Waals surface area contributed by atoms with Crippen LogP contribution in [-0.2, 0) is 0 Å². The first kappa shape index (κ1) is 13.7. The number of halogens is 2. The van der Waals surface area contributed by atoms with Gasteiger partial charge < -0.3 is 4.74 Å². The smallest absolute Gasteiger partial charge is 0.193 e. The van der Waals surface area contributed by atoms with Crippen LogP contribution < -0.4 is 4.74 Å². The van der Waals surface area contributed by atoms with Crippen molar-refractivity contribution in [1.29, 1.82) is 0 Å². The highest BCUT2D eigenvalue weighted by Gasteiger charge is 2.23. The predicted molar refractivity (Wildman–Crippen MR) is 82.7 cm³/mol. The van der Waals surface area contributed by atoms with Gasteiger partial charge in [0.15, 0.2) is 5.78 Å². The lowest BCUT2D eigenvalue weighted by Gasteiger charge is -2.07. The molecule has 0 saturated heterocycles. The summed E-state index contributed by atoms with van der Waals surface area (Å²) in [5.74, 6) is 0.689. The fraction of sp³-hybridized carbons (Fsp3) is 0.188. The van der Waals surface area contributed by atoms with E-state index in [1.807, 2.05) is 12.1 Å². The van der Waals surface area contributed by atoms with Crippen molar-refractivity contribution in [2.75, 3.05) is 0 Å². The van der Waals surface area contributed by atoms with Crippen molar-refractivity contribution in [1.82, 2.24) is 0 Å². The SMILES string of the molecule is O=C(c1cc(Cl)cc(Br)c1)c1cccc(OC2CC2)c1. The third-order valence-corrected chi connectivity index (χ3v) is 3.72. The van der Waals surface area contributed by atoms with Gasteiger partial charge in [-0.25, -0.2) is 0 Å². The van der Waals surface area contributed by atoms with Gasteiger partial charge in [-0.05, 0) is 43.2 Å². The summed E-state index contributed by atoms with van der Waals surface area (Å²) in [6.07, 6.45) is 2.51. The van der Waals surface area contributed by atoms with E-state index in [-0.39, 0.29) is 5.78 Å². The fourth-order valence-corrected chi connectivity index (χ4v) is 2.80. The lowest BCUT2D eigenvalue weighted by Crippen LogP contribution is -2.03. The number of carbonyl (C=O) groups excluding carboxylic acids is 1. The molecule has 0 amide bonds. The van der Waals surface area contributed by atoms with Gasteiger partial charge in [-0.1, -0.05) is 39.7 Å². The Hall–Kier alpha value is -1.32. The maximum atomic E-state index is 12.5. The van der Waals surface area contributed by atoms with Gasteiger partial charge in [0.2, 0.25) is 0 Å². The highest BCUT2D eigenvalue weighted by Crippen LogP contribution is 2.28. The second kappa shape index (κ2) is 5.58. The zero-order valence-electron chi connectivity index (χ0n) is 10.6. The Morgan fingerprint density at radius 1 is 1.15 bits per heavy atom. The van der Waals surface area contributed by atoms with Crippen molar-refractivity contribution in [3.8, 4) is 5.75 Å². The minimum atomic E-state index is -0.0607. The van der Waals surface area contributed by atoms with Gasteiger partial charge in [-0.3, -0.25) is 4.79 Å². The third-order valence-electron chi connectivity index (χ3n) is 3.05. The second-order valence-corrected chi connectivity index (χ2v) is 6.18. The molecule has 0 atom stereocenters. The lowest BCUT2D eigenvalue weighted by atomic mass is 10.0. The Morgan fingerprint density at radius 2 is 1.95 bits per heavy atom. The van der Waals surface area contributed by atoms with Crippen molar-refractivity contribution in [3.63, 3.8) is 0 Å². The zero-order chi connectivity index (χ0) is 14.1. The van der Waals surface area contributed by atoms with E-state index in [9.17, 15) is 4.79 Å². The minimum absolute atomic E-state index is 0.0607. The molecular formula is C16H12BrClO2. The normalized spacial score (nSPS) is 14.1.